The van der Waals surface area contributed by atoms with Crippen molar-refractivity contribution in [3.05, 3.63) is 84.6 Å². The summed E-state index contributed by atoms with van der Waals surface area (Å²) in [6.45, 7) is 6.03. The molecule has 0 unspecified atom stereocenters. The Morgan fingerprint density at radius 1 is 0.881 bits per heavy atom. The van der Waals surface area contributed by atoms with Gasteiger partial charge in [-0.1, -0.05) is 30.7 Å². The number of imidazole rings is 1. The summed E-state index contributed by atoms with van der Waals surface area (Å²) in [7, 11) is 0. The fourth-order valence-corrected chi connectivity index (χ4v) is 9.32. The van der Waals surface area contributed by atoms with E-state index < -0.39 is 0 Å². The molecular weight excluding hydrogens is 747 g/mol. The minimum Gasteiger partial charge on any atom is -0.382 e. The Labute approximate surface area is 344 Å². The third-order valence-corrected chi connectivity index (χ3v) is 12.5. The minimum absolute atomic E-state index is 0.0353. The summed E-state index contributed by atoms with van der Waals surface area (Å²) in [5, 5.41) is 8.89. The third-order valence-electron chi connectivity index (χ3n) is 12.5. The molecule has 3 aromatic heterocycles. The van der Waals surface area contributed by atoms with Gasteiger partial charge in [0.15, 0.2) is 0 Å². The van der Waals surface area contributed by atoms with E-state index in [0.29, 0.717) is 66.0 Å². The highest BCUT2D eigenvalue weighted by atomic mass is 16.2. The molecule has 4 aliphatic rings. The first-order valence-corrected chi connectivity index (χ1v) is 21.3. The van der Waals surface area contributed by atoms with Crippen LogP contribution in [0.5, 0.6) is 0 Å². The molecule has 3 saturated heterocycles. The molecule has 310 valence electrons. The maximum absolute atomic E-state index is 13.7. The first-order valence-electron chi connectivity index (χ1n) is 21.3. The summed E-state index contributed by atoms with van der Waals surface area (Å²) in [4.78, 5) is 71.0. The molecule has 15 nitrogen and oxygen atoms in total. The second kappa shape index (κ2) is 18.5. The molecule has 0 bridgehead atoms. The molecule has 3 aliphatic heterocycles. The number of nitrogens with one attached hydrogen (secondary N) is 3. The number of fused-ring (bicyclic) bond motifs is 2. The number of carbonyl (C=O) groups is 4. The van der Waals surface area contributed by atoms with Gasteiger partial charge in [0, 0.05) is 87.9 Å². The number of hydrogen-bond donors (Lipinski definition) is 4. The van der Waals surface area contributed by atoms with Gasteiger partial charge in [0.2, 0.25) is 5.91 Å². The molecule has 4 aromatic rings. The van der Waals surface area contributed by atoms with Crippen LogP contribution in [0.25, 0.3) is 16.8 Å². The lowest BCUT2D eigenvalue weighted by Crippen LogP contribution is -2.46. The maximum atomic E-state index is 13.7. The second-order valence-electron chi connectivity index (χ2n) is 16.3. The largest absolute Gasteiger partial charge is 0.382 e. The Hall–Kier alpha value is -5.67. The van der Waals surface area contributed by atoms with Crippen LogP contribution in [0.15, 0.2) is 73.2 Å². The van der Waals surface area contributed by atoms with Crippen LogP contribution in [0.4, 0.5) is 16.4 Å². The van der Waals surface area contributed by atoms with Gasteiger partial charge in [0.05, 0.1) is 18.1 Å². The zero-order valence-corrected chi connectivity index (χ0v) is 33.6. The first-order chi connectivity index (χ1) is 28.8. The van der Waals surface area contributed by atoms with Crippen molar-refractivity contribution in [2.24, 2.45) is 5.92 Å². The van der Waals surface area contributed by atoms with Crippen molar-refractivity contribution in [3.63, 3.8) is 0 Å². The SMILES string of the molecule is Nc1nccn2c([C@@H]3CCCN3C(=O)/C=C/CN3CCN(CCCC(=O)CCCC[C@@H]4CC[C@@H]5NC(=O)N[C@H]45)CC3)nc(-c3ccc(C(=O)Nc4ccccn4)cc3)c12. The molecule has 15 heteroatoms. The number of ketones is 1. The standard InChI is InChI=1S/C44H55N11O4/c45-41-40-39(31-14-16-32(17-15-31)43(58)49-36-12-3-4-20-46-36)50-42(55(40)25-21-47-41)35-11-6-24-54(35)37(57)13-7-23-53-28-26-52(27-29-53)22-5-10-33(56)9-2-1-8-30-18-19-34-38(30)51-44(59)48-34/h3-4,7,12-17,20-21,25,30,34-35,38H,1-2,5-6,8-11,18-19,22-24,26-29H2,(H2,45,47)(H,46,49,58)(H2,48,51,59)/b13-7+/t30-,34+,35+,38-/m1/s1. The molecule has 8 rings (SSSR count). The van der Waals surface area contributed by atoms with Crippen molar-refractivity contribution in [3.8, 4) is 11.3 Å². The lowest BCUT2D eigenvalue weighted by molar-refractivity contribution is -0.127. The highest BCUT2D eigenvalue weighted by Crippen LogP contribution is 2.37. The van der Waals surface area contributed by atoms with Crippen molar-refractivity contribution in [2.75, 3.05) is 56.9 Å². The van der Waals surface area contributed by atoms with E-state index in [4.69, 9.17) is 10.7 Å². The lowest BCUT2D eigenvalue weighted by Gasteiger charge is -2.34. The van der Waals surface area contributed by atoms with Gasteiger partial charge in [0.25, 0.3) is 5.91 Å². The first kappa shape index (κ1) is 40.1. The number of nitrogens with two attached hydrogens (primary N) is 1. The number of amides is 4. The van der Waals surface area contributed by atoms with Gasteiger partial charge in [-0.25, -0.2) is 19.7 Å². The van der Waals surface area contributed by atoms with Crippen LogP contribution in [0.3, 0.4) is 0 Å². The van der Waals surface area contributed by atoms with E-state index >= 15 is 0 Å². The van der Waals surface area contributed by atoms with Crippen LogP contribution in [0.1, 0.15) is 86.4 Å². The normalized spacial score (nSPS) is 22.2. The summed E-state index contributed by atoms with van der Waals surface area (Å²) < 4.78 is 1.94. The Morgan fingerprint density at radius 3 is 2.51 bits per heavy atom. The number of likely N-dealkylation sites (tertiary alicyclic amines) is 1. The quantitative estimate of drug-likeness (QED) is 0.0905. The van der Waals surface area contributed by atoms with Crippen molar-refractivity contribution < 1.29 is 19.2 Å². The van der Waals surface area contributed by atoms with Crippen molar-refractivity contribution in [1.29, 1.82) is 0 Å². The average molecular weight is 802 g/mol. The van der Waals surface area contributed by atoms with Crippen molar-refractivity contribution >= 4 is 40.8 Å². The van der Waals surface area contributed by atoms with E-state index in [1.54, 1.807) is 42.7 Å². The topological polar surface area (TPSA) is 183 Å². The molecule has 59 heavy (non-hydrogen) atoms. The molecule has 4 amide bonds. The molecule has 1 aromatic carbocycles. The van der Waals surface area contributed by atoms with E-state index in [9.17, 15) is 19.2 Å². The monoisotopic (exact) mass is 801 g/mol. The maximum Gasteiger partial charge on any atom is 0.315 e. The fourth-order valence-electron chi connectivity index (χ4n) is 9.32. The van der Waals surface area contributed by atoms with Crippen molar-refractivity contribution in [1.82, 2.24) is 44.7 Å². The number of aromatic nitrogens is 4. The van der Waals surface area contributed by atoms with E-state index in [0.717, 1.165) is 95.5 Å². The molecule has 1 aliphatic carbocycles. The van der Waals surface area contributed by atoms with Gasteiger partial charge in [-0.3, -0.25) is 23.7 Å². The number of nitrogens with zero attached hydrogens (tertiary/aromatic N) is 7. The summed E-state index contributed by atoms with van der Waals surface area (Å²) in [5.41, 5.74) is 9.01. The molecule has 4 fully saturated rings. The number of pyridine rings is 1. The van der Waals surface area contributed by atoms with Gasteiger partial charge >= 0.3 is 6.03 Å². The highest BCUT2D eigenvalue weighted by Gasteiger charge is 2.41. The van der Waals surface area contributed by atoms with E-state index in [-0.39, 0.29) is 36.0 Å². The van der Waals surface area contributed by atoms with Crippen LogP contribution in [-0.2, 0) is 9.59 Å². The number of Topliss-reactive ketones (excluding diaryl/α,β-unsaturated/α-hetero) is 1. The second-order valence-corrected chi connectivity index (χ2v) is 16.3. The number of rotatable bonds is 16. The predicted octanol–water partition coefficient (Wildman–Crippen LogP) is 4.83. The molecule has 0 radical (unpaired) electrons. The number of hydrogen-bond acceptors (Lipinski definition) is 10. The Balaban J connectivity index is 0.783. The lowest BCUT2D eigenvalue weighted by atomic mass is 9.95. The van der Waals surface area contributed by atoms with E-state index in [1.165, 1.54) is 0 Å². The van der Waals surface area contributed by atoms with E-state index in [2.05, 4.69) is 35.7 Å². The van der Waals surface area contributed by atoms with Crippen LogP contribution < -0.4 is 21.7 Å². The number of nitrogen functional groups attached to an aromatic ring is 1. The number of anilines is 2. The smallest absolute Gasteiger partial charge is 0.315 e. The number of carbonyl (C=O) groups excluding carboxylic acids is 4. The van der Waals surface area contributed by atoms with Gasteiger partial charge in [-0.15, -0.1) is 0 Å². The van der Waals surface area contributed by atoms with E-state index in [1.807, 2.05) is 39.8 Å². The van der Waals surface area contributed by atoms with Gasteiger partial charge in [-0.2, -0.15) is 0 Å². The fraction of sp³-hybridized carbons (Fsp3) is 0.477. The Bertz CT molecular complexity index is 2150. The molecule has 1 saturated carbocycles. The summed E-state index contributed by atoms with van der Waals surface area (Å²) in [6, 6.07) is 12.8. The molecule has 6 heterocycles. The summed E-state index contributed by atoms with van der Waals surface area (Å²) in [5.74, 6) is 2.13. The van der Waals surface area contributed by atoms with Gasteiger partial charge in [0.1, 0.15) is 34.5 Å². The zero-order chi connectivity index (χ0) is 40.7. The number of urea groups is 1. The van der Waals surface area contributed by atoms with Crippen molar-refractivity contribution in [2.45, 2.75) is 82.3 Å². The molecule has 5 N–H and O–H groups in total. The van der Waals surface area contributed by atoms with Gasteiger partial charge < -0.3 is 31.5 Å². The number of unbranched alkanes of at least 4 members (excludes halogenated alkanes) is 1. The number of piperazine rings is 1. The summed E-state index contributed by atoms with van der Waals surface area (Å²) in [6.07, 6.45) is 17.9. The molecular formula is C44H55N11O4. The minimum atomic E-state index is -0.265. The van der Waals surface area contributed by atoms with Gasteiger partial charge in [-0.05, 0) is 81.7 Å². The number of benzene rings is 1. The Morgan fingerprint density at radius 2 is 1.69 bits per heavy atom. The molecule has 4 atom stereocenters. The third kappa shape index (κ3) is 9.47. The summed E-state index contributed by atoms with van der Waals surface area (Å²) >= 11 is 0. The van der Waals surface area contributed by atoms with Crippen LogP contribution in [0, 0.1) is 5.92 Å². The predicted molar refractivity (Wildman–Crippen MR) is 225 cm³/mol. The molecule has 0 spiro atoms. The zero-order valence-electron chi connectivity index (χ0n) is 33.6. The Kier molecular flexibility index (Phi) is 12.6. The van der Waals surface area contributed by atoms with Crippen LogP contribution in [0.2, 0.25) is 0 Å². The average Bonchev–Trinajstić information content (AvgIpc) is 4.05. The highest BCUT2D eigenvalue weighted by molar-refractivity contribution is 6.04. The van der Waals surface area contributed by atoms with Crippen LogP contribution >= 0.6 is 0 Å². The van der Waals surface area contributed by atoms with Crippen LogP contribution in [-0.4, -0.2) is 116 Å².